The molecule has 2 fully saturated rings. The molecule has 0 aromatic rings. The van der Waals surface area contributed by atoms with Crippen LogP contribution in [0.25, 0.3) is 0 Å². The first-order valence-corrected chi connectivity index (χ1v) is 7.16. The van der Waals surface area contributed by atoms with Crippen LogP contribution in [0.5, 0.6) is 0 Å². The number of nitrogens with zero attached hydrogens (tertiary/aromatic N) is 1. The quantitative estimate of drug-likeness (QED) is 0.775. The third-order valence-corrected chi connectivity index (χ3v) is 4.90. The van der Waals surface area contributed by atoms with Gasteiger partial charge in [0.15, 0.2) is 0 Å². The number of rotatable bonds is 2. The lowest BCUT2D eigenvalue weighted by Crippen LogP contribution is -2.45. The summed E-state index contributed by atoms with van der Waals surface area (Å²) in [6.45, 7) is 7.50. The zero-order chi connectivity index (χ0) is 11.4. The molecule has 1 N–H and O–H groups in total. The molecule has 2 saturated heterocycles. The van der Waals surface area contributed by atoms with E-state index in [1.165, 1.54) is 64.7 Å². The molecule has 1 spiro atoms. The van der Waals surface area contributed by atoms with Gasteiger partial charge in [-0.05, 0) is 76.7 Å². The third kappa shape index (κ3) is 2.60. The van der Waals surface area contributed by atoms with Crippen molar-refractivity contribution in [1.29, 1.82) is 0 Å². The minimum Gasteiger partial charge on any atom is -0.316 e. The van der Waals surface area contributed by atoms with E-state index in [9.17, 15) is 0 Å². The maximum Gasteiger partial charge on any atom is -0.00152 e. The van der Waals surface area contributed by atoms with Crippen molar-refractivity contribution in [3.63, 3.8) is 0 Å². The smallest absolute Gasteiger partial charge is 0.00152 e. The summed E-state index contributed by atoms with van der Waals surface area (Å²) in [6.07, 6.45) is 8.53. The average molecular weight is 224 g/mol. The Bertz CT molecular complexity index is 215. The van der Waals surface area contributed by atoms with Gasteiger partial charge in [0, 0.05) is 0 Å². The minimum atomic E-state index is 0.687. The van der Waals surface area contributed by atoms with Gasteiger partial charge in [-0.1, -0.05) is 13.3 Å². The third-order valence-electron chi connectivity index (χ3n) is 4.90. The average Bonchev–Trinajstić information content (AvgIpc) is 2.46. The Morgan fingerprint density at radius 3 is 2.94 bits per heavy atom. The van der Waals surface area contributed by atoms with Crippen molar-refractivity contribution in [2.75, 3.05) is 33.2 Å². The summed E-state index contributed by atoms with van der Waals surface area (Å²) in [5.41, 5.74) is 0.687. The van der Waals surface area contributed by atoms with E-state index in [0.29, 0.717) is 5.41 Å². The molecule has 0 bridgehead atoms. The molecule has 2 unspecified atom stereocenters. The first-order chi connectivity index (χ1) is 7.77. The van der Waals surface area contributed by atoms with Gasteiger partial charge in [-0.15, -0.1) is 0 Å². The van der Waals surface area contributed by atoms with Crippen molar-refractivity contribution in [3.8, 4) is 0 Å². The number of nitrogens with one attached hydrogen (secondary N) is 1. The number of likely N-dealkylation sites (tertiary alicyclic amines) is 1. The molecular weight excluding hydrogens is 196 g/mol. The number of hydrogen-bond acceptors (Lipinski definition) is 2. The van der Waals surface area contributed by atoms with Gasteiger partial charge in [0.2, 0.25) is 0 Å². The summed E-state index contributed by atoms with van der Waals surface area (Å²) in [7, 11) is 2.29. The molecule has 16 heavy (non-hydrogen) atoms. The van der Waals surface area contributed by atoms with Crippen LogP contribution < -0.4 is 5.32 Å². The summed E-state index contributed by atoms with van der Waals surface area (Å²) in [5, 5.41) is 3.61. The van der Waals surface area contributed by atoms with Crippen LogP contribution in [0.15, 0.2) is 0 Å². The highest BCUT2D eigenvalue weighted by Gasteiger charge is 2.40. The van der Waals surface area contributed by atoms with E-state index in [1.807, 2.05) is 0 Å². The molecule has 0 radical (unpaired) electrons. The van der Waals surface area contributed by atoms with Crippen LogP contribution in [-0.2, 0) is 0 Å². The summed E-state index contributed by atoms with van der Waals surface area (Å²) in [4.78, 5) is 2.53. The van der Waals surface area contributed by atoms with Gasteiger partial charge in [0.25, 0.3) is 0 Å². The maximum atomic E-state index is 3.61. The van der Waals surface area contributed by atoms with E-state index in [0.717, 1.165) is 5.92 Å². The molecule has 2 aliphatic rings. The lowest BCUT2D eigenvalue weighted by Gasteiger charge is -2.44. The van der Waals surface area contributed by atoms with E-state index in [2.05, 4.69) is 24.2 Å². The first kappa shape index (κ1) is 12.4. The molecule has 0 aromatic carbocycles. The molecule has 2 heteroatoms. The molecule has 2 heterocycles. The van der Waals surface area contributed by atoms with E-state index in [4.69, 9.17) is 0 Å². The molecule has 2 nitrogen and oxygen atoms in total. The van der Waals surface area contributed by atoms with Crippen LogP contribution in [0.2, 0.25) is 0 Å². The van der Waals surface area contributed by atoms with Gasteiger partial charge in [-0.3, -0.25) is 0 Å². The zero-order valence-corrected chi connectivity index (χ0v) is 11.1. The van der Waals surface area contributed by atoms with E-state index >= 15 is 0 Å². The van der Waals surface area contributed by atoms with Gasteiger partial charge in [0.1, 0.15) is 0 Å². The Kier molecular flexibility index (Phi) is 4.26. The zero-order valence-electron chi connectivity index (χ0n) is 11.1. The first-order valence-electron chi connectivity index (χ1n) is 7.16. The predicted molar refractivity (Wildman–Crippen MR) is 69.7 cm³/mol. The topological polar surface area (TPSA) is 15.3 Å². The molecular formula is C14H28N2. The molecule has 0 saturated carbocycles. The fourth-order valence-electron chi connectivity index (χ4n) is 3.80. The van der Waals surface area contributed by atoms with Crippen molar-refractivity contribution in [1.82, 2.24) is 10.2 Å². The Hall–Kier alpha value is -0.0800. The highest BCUT2D eigenvalue weighted by molar-refractivity contribution is 4.93. The molecule has 0 aliphatic carbocycles. The van der Waals surface area contributed by atoms with Crippen LogP contribution in [-0.4, -0.2) is 38.1 Å². The Balaban J connectivity index is 2.05. The summed E-state index contributed by atoms with van der Waals surface area (Å²) < 4.78 is 0. The van der Waals surface area contributed by atoms with Crippen molar-refractivity contribution >= 4 is 0 Å². The number of hydrogen-bond donors (Lipinski definition) is 1. The van der Waals surface area contributed by atoms with Gasteiger partial charge in [-0.25, -0.2) is 0 Å². The van der Waals surface area contributed by atoms with Crippen molar-refractivity contribution in [3.05, 3.63) is 0 Å². The molecule has 2 aliphatic heterocycles. The molecule has 94 valence electrons. The fourth-order valence-corrected chi connectivity index (χ4v) is 3.80. The largest absolute Gasteiger partial charge is 0.316 e. The van der Waals surface area contributed by atoms with Gasteiger partial charge in [-0.2, -0.15) is 0 Å². The van der Waals surface area contributed by atoms with E-state index in [-0.39, 0.29) is 0 Å². The van der Waals surface area contributed by atoms with Crippen LogP contribution in [0, 0.1) is 11.3 Å². The highest BCUT2D eigenvalue weighted by atomic mass is 15.1. The highest BCUT2D eigenvalue weighted by Crippen LogP contribution is 2.45. The normalized spacial score (nSPS) is 37.5. The second-order valence-electron chi connectivity index (χ2n) is 5.96. The SMILES string of the molecule is CCCC1CNCCC12CCCN(C)CC2. The summed E-state index contributed by atoms with van der Waals surface area (Å²) in [5.74, 6) is 0.942. The van der Waals surface area contributed by atoms with Gasteiger partial charge >= 0.3 is 0 Å². The van der Waals surface area contributed by atoms with Crippen LogP contribution >= 0.6 is 0 Å². The molecule has 0 aromatic heterocycles. The van der Waals surface area contributed by atoms with Crippen molar-refractivity contribution < 1.29 is 0 Å². The van der Waals surface area contributed by atoms with Crippen molar-refractivity contribution in [2.24, 2.45) is 11.3 Å². The molecule has 2 rings (SSSR count). The minimum absolute atomic E-state index is 0.687. The summed E-state index contributed by atoms with van der Waals surface area (Å²) in [6, 6.07) is 0. The number of piperidine rings is 1. The van der Waals surface area contributed by atoms with E-state index < -0.39 is 0 Å². The van der Waals surface area contributed by atoms with Crippen LogP contribution in [0.3, 0.4) is 0 Å². The summed E-state index contributed by atoms with van der Waals surface area (Å²) >= 11 is 0. The van der Waals surface area contributed by atoms with E-state index in [1.54, 1.807) is 0 Å². The maximum absolute atomic E-state index is 3.61. The lowest BCUT2D eigenvalue weighted by molar-refractivity contribution is 0.0801. The Morgan fingerprint density at radius 1 is 1.25 bits per heavy atom. The second kappa shape index (κ2) is 5.50. The standard InChI is InChI=1S/C14H28N2/c1-3-5-13-12-15-9-7-14(13)6-4-10-16(2)11-8-14/h13,15H,3-12H2,1-2H3. The monoisotopic (exact) mass is 224 g/mol. The van der Waals surface area contributed by atoms with Crippen LogP contribution in [0.4, 0.5) is 0 Å². The van der Waals surface area contributed by atoms with Crippen molar-refractivity contribution in [2.45, 2.75) is 45.4 Å². The Labute approximate surface area is 101 Å². The van der Waals surface area contributed by atoms with Crippen LogP contribution in [0.1, 0.15) is 45.4 Å². The second-order valence-corrected chi connectivity index (χ2v) is 5.96. The fraction of sp³-hybridized carbons (Fsp3) is 1.00. The predicted octanol–water partition coefficient (Wildman–Crippen LogP) is 2.50. The molecule has 2 atom stereocenters. The lowest BCUT2D eigenvalue weighted by atomic mass is 9.65. The van der Waals surface area contributed by atoms with Gasteiger partial charge in [0.05, 0.1) is 0 Å². The Morgan fingerprint density at radius 2 is 2.12 bits per heavy atom. The van der Waals surface area contributed by atoms with Gasteiger partial charge < -0.3 is 10.2 Å². The molecule has 0 amide bonds.